The van der Waals surface area contributed by atoms with Crippen molar-refractivity contribution in [2.24, 2.45) is 10.8 Å². The summed E-state index contributed by atoms with van der Waals surface area (Å²) in [5.41, 5.74) is 2.04. The van der Waals surface area contributed by atoms with Crippen LogP contribution in [0.5, 0.6) is 5.75 Å². The number of hydrogen-bond donors (Lipinski definition) is 3. The molecule has 0 bridgehead atoms. The summed E-state index contributed by atoms with van der Waals surface area (Å²) in [6, 6.07) is 5.80. The van der Waals surface area contributed by atoms with E-state index in [9.17, 15) is 9.59 Å². The molecule has 1 aliphatic rings. The molecule has 3 N–H and O–H groups in total. The van der Waals surface area contributed by atoms with Crippen LogP contribution in [0.4, 0.5) is 9.59 Å². The fraction of sp³-hybridized carbons (Fsp3) is 0.636. The van der Waals surface area contributed by atoms with Gasteiger partial charge in [0.15, 0.2) is 0 Å². The Hall–Kier alpha value is -2.24. The van der Waals surface area contributed by atoms with E-state index in [2.05, 4.69) is 44.4 Å². The lowest BCUT2D eigenvalue weighted by molar-refractivity contribution is 0.0695. The molecule has 0 aromatic heterocycles. The zero-order valence-electron chi connectivity index (χ0n) is 17.7. The molecule has 6 heteroatoms. The van der Waals surface area contributed by atoms with Crippen LogP contribution in [-0.2, 0) is 12.8 Å². The molecule has 1 aromatic carbocycles. The second-order valence-electron chi connectivity index (χ2n) is 9.10. The molecule has 1 fully saturated rings. The van der Waals surface area contributed by atoms with Crippen LogP contribution in [0.15, 0.2) is 18.2 Å². The minimum Gasteiger partial charge on any atom is -0.465 e. The second-order valence-corrected chi connectivity index (χ2v) is 9.10. The van der Waals surface area contributed by atoms with E-state index in [0.29, 0.717) is 18.7 Å². The smallest absolute Gasteiger partial charge is 0.412 e. The number of benzene rings is 1. The molecule has 0 spiro atoms. The van der Waals surface area contributed by atoms with Gasteiger partial charge in [0.25, 0.3) is 0 Å². The second kappa shape index (κ2) is 8.84. The summed E-state index contributed by atoms with van der Waals surface area (Å²) in [5, 5.41) is 14.6. The van der Waals surface area contributed by atoms with E-state index in [1.54, 1.807) is 0 Å². The molecule has 2 atom stereocenters. The maximum Gasteiger partial charge on any atom is 0.412 e. The van der Waals surface area contributed by atoms with Gasteiger partial charge in [0.05, 0.1) is 0 Å². The Balaban J connectivity index is 2.00. The molecule has 156 valence electrons. The number of carbonyl (C=O) groups is 2. The van der Waals surface area contributed by atoms with Gasteiger partial charge >= 0.3 is 12.2 Å². The lowest BCUT2D eigenvalue weighted by Crippen LogP contribution is -2.50. The largest absolute Gasteiger partial charge is 0.465 e. The molecule has 1 aliphatic carbocycles. The van der Waals surface area contributed by atoms with E-state index in [0.717, 1.165) is 31.2 Å². The molecule has 2 amide bonds. The van der Waals surface area contributed by atoms with Gasteiger partial charge in [-0.1, -0.05) is 46.8 Å². The fourth-order valence-corrected chi connectivity index (χ4v) is 4.70. The van der Waals surface area contributed by atoms with Crippen LogP contribution in [0.2, 0.25) is 0 Å². The molecule has 2 unspecified atom stereocenters. The van der Waals surface area contributed by atoms with Crippen molar-refractivity contribution in [1.29, 1.82) is 0 Å². The van der Waals surface area contributed by atoms with Crippen molar-refractivity contribution in [2.45, 2.75) is 72.8 Å². The van der Waals surface area contributed by atoms with Gasteiger partial charge in [-0.3, -0.25) is 0 Å². The van der Waals surface area contributed by atoms with E-state index in [4.69, 9.17) is 9.84 Å². The minimum absolute atomic E-state index is 0.00291. The van der Waals surface area contributed by atoms with Crippen LogP contribution in [0.3, 0.4) is 0 Å². The number of rotatable bonds is 6. The van der Waals surface area contributed by atoms with Gasteiger partial charge in [0.2, 0.25) is 0 Å². The number of carboxylic acid groups (broad SMARTS) is 1. The van der Waals surface area contributed by atoms with Gasteiger partial charge in [-0.05, 0) is 60.1 Å². The third kappa shape index (κ3) is 6.14. The summed E-state index contributed by atoms with van der Waals surface area (Å²) in [5.74, 6) is 0.594. The van der Waals surface area contributed by atoms with Crippen LogP contribution in [0, 0.1) is 10.8 Å². The highest BCUT2D eigenvalue weighted by molar-refractivity contribution is 5.71. The highest BCUT2D eigenvalue weighted by Crippen LogP contribution is 2.45. The molecule has 6 nitrogen and oxygen atoms in total. The summed E-state index contributed by atoms with van der Waals surface area (Å²) >= 11 is 0. The van der Waals surface area contributed by atoms with Crippen molar-refractivity contribution < 1.29 is 19.4 Å². The molecule has 2 rings (SSSR count). The number of hydrogen-bond acceptors (Lipinski definition) is 3. The van der Waals surface area contributed by atoms with E-state index >= 15 is 0 Å². The average molecular weight is 391 g/mol. The number of nitrogens with one attached hydrogen (secondary N) is 2. The molecule has 1 aromatic rings. The van der Waals surface area contributed by atoms with Gasteiger partial charge in [-0.25, -0.2) is 9.59 Å². The predicted molar refractivity (Wildman–Crippen MR) is 110 cm³/mol. The van der Waals surface area contributed by atoms with Gasteiger partial charge in [0.1, 0.15) is 5.75 Å². The first-order chi connectivity index (χ1) is 13.1. The molecule has 28 heavy (non-hydrogen) atoms. The maximum absolute atomic E-state index is 12.4. The standard InChI is InChI=1S/C22H34N2O4/c1-6-15-8-9-18(16(7-2)10-15)28-20(27)23-14-22(5)12-17(24-19(25)26)11-21(3,4)13-22/h8-10,17,24H,6-7,11-14H2,1-5H3,(H,23,27)(H,25,26). The van der Waals surface area contributed by atoms with Crippen molar-refractivity contribution >= 4 is 12.2 Å². The van der Waals surface area contributed by atoms with Crippen molar-refractivity contribution in [2.75, 3.05) is 6.54 Å². The minimum atomic E-state index is -1.000. The Morgan fingerprint density at radius 1 is 1.18 bits per heavy atom. The molecular formula is C22H34N2O4. The third-order valence-electron chi connectivity index (χ3n) is 5.55. The van der Waals surface area contributed by atoms with E-state index in [1.165, 1.54) is 5.56 Å². The lowest BCUT2D eigenvalue weighted by atomic mass is 9.62. The number of amides is 2. The highest BCUT2D eigenvalue weighted by atomic mass is 16.6. The van der Waals surface area contributed by atoms with Crippen molar-refractivity contribution in [1.82, 2.24) is 10.6 Å². The normalized spacial score (nSPS) is 23.7. The van der Waals surface area contributed by atoms with Crippen molar-refractivity contribution in [3.63, 3.8) is 0 Å². The highest BCUT2D eigenvalue weighted by Gasteiger charge is 2.42. The fourth-order valence-electron chi connectivity index (χ4n) is 4.70. The van der Waals surface area contributed by atoms with Crippen LogP contribution in [0.1, 0.15) is 65.0 Å². The Kier molecular flexibility index (Phi) is 6.96. The predicted octanol–water partition coefficient (Wildman–Crippen LogP) is 4.75. The summed E-state index contributed by atoms with van der Waals surface area (Å²) in [7, 11) is 0. The average Bonchev–Trinajstić information content (AvgIpc) is 2.58. The van der Waals surface area contributed by atoms with E-state index in [1.807, 2.05) is 19.1 Å². The first-order valence-corrected chi connectivity index (χ1v) is 10.1. The molecule has 1 saturated carbocycles. The monoisotopic (exact) mass is 390 g/mol. The Morgan fingerprint density at radius 2 is 1.89 bits per heavy atom. The molecule has 0 saturated heterocycles. The molecular weight excluding hydrogens is 356 g/mol. The SMILES string of the molecule is CCc1ccc(OC(=O)NCC2(C)CC(NC(=O)O)CC(C)(C)C2)c(CC)c1. The summed E-state index contributed by atoms with van der Waals surface area (Å²) in [6.45, 7) is 11.0. The first-order valence-electron chi connectivity index (χ1n) is 10.1. The van der Waals surface area contributed by atoms with Gasteiger partial charge in [-0.15, -0.1) is 0 Å². The quantitative estimate of drug-likeness (QED) is 0.654. The topological polar surface area (TPSA) is 87.7 Å². The Bertz CT molecular complexity index is 716. The van der Waals surface area contributed by atoms with E-state index in [-0.39, 0.29) is 16.9 Å². The van der Waals surface area contributed by atoms with Gasteiger partial charge in [-0.2, -0.15) is 0 Å². The van der Waals surface area contributed by atoms with Crippen molar-refractivity contribution in [3.05, 3.63) is 29.3 Å². The van der Waals surface area contributed by atoms with Gasteiger partial charge in [0, 0.05) is 12.6 Å². The summed E-state index contributed by atoms with van der Waals surface area (Å²) in [4.78, 5) is 23.5. The summed E-state index contributed by atoms with van der Waals surface area (Å²) < 4.78 is 5.56. The number of ether oxygens (including phenoxy) is 1. The Labute approximate surface area is 168 Å². The first kappa shape index (κ1) is 22.1. The molecule has 0 radical (unpaired) electrons. The van der Waals surface area contributed by atoms with Crippen LogP contribution in [0.25, 0.3) is 0 Å². The Morgan fingerprint density at radius 3 is 2.50 bits per heavy atom. The van der Waals surface area contributed by atoms with Crippen LogP contribution < -0.4 is 15.4 Å². The van der Waals surface area contributed by atoms with Crippen LogP contribution in [-0.4, -0.2) is 29.9 Å². The van der Waals surface area contributed by atoms with Gasteiger partial charge < -0.3 is 20.5 Å². The third-order valence-corrected chi connectivity index (χ3v) is 5.55. The maximum atomic E-state index is 12.4. The summed E-state index contributed by atoms with van der Waals surface area (Å²) in [6.07, 6.45) is 2.66. The lowest BCUT2D eigenvalue weighted by Gasteiger charge is -2.46. The van der Waals surface area contributed by atoms with Crippen LogP contribution >= 0.6 is 0 Å². The molecule has 0 aliphatic heterocycles. The van der Waals surface area contributed by atoms with E-state index < -0.39 is 12.2 Å². The molecule has 0 heterocycles. The zero-order valence-corrected chi connectivity index (χ0v) is 17.7. The van der Waals surface area contributed by atoms with Crippen molar-refractivity contribution in [3.8, 4) is 5.75 Å². The zero-order chi connectivity index (χ0) is 20.9. The number of aryl methyl sites for hydroxylation is 2. The number of carbonyl (C=O) groups excluding carboxylic acids is 1.